The Morgan fingerprint density at radius 3 is 2.21 bits per heavy atom. The molecule has 1 saturated carbocycles. The Morgan fingerprint density at radius 2 is 1.56 bits per heavy atom. The Morgan fingerprint density at radius 1 is 0.872 bits per heavy atom. The van der Waals surface area contributed by atoms with Gasteiger partial charge in [0.15, 0.2) is 17.4 Å². The second kappa shape index (κ2) is 11.1. The minimum Gasteiger partial charge on any atom is -0.326 e. The molecule has 3 aromatic carbocycles. The number of ketones is 2. The average Bonchev–Trinajstić information content (AvgIpc) is 3.44. The van der Waals surface area contributed by atoms with Gasteiger partial charge in [0.2, 0.25) is 5.91 Å². The molecule has 4 rings (SSSR count). The van der Waals surface area contributed by atoms with Gasteiger partial charge in [0.25, 0.3) is 0 Å². The largest absolute Gasteiger partial charge is 0.326 e. The van der Waals surface area contributed by atoms with Crippen LogP contribution < -0.4 is 5.32 Å². The third kappa shape index (κ3) is 5.94. The van der Waals surface area contributed by atoms with Crippen LogP contribution in [0, 0.1) is 29.2 Å². The smallest absolute Gasteiger partial charge is 0.231 e. The van der Waals surface area contributed by atoms with E-state index in [9.17, 15) is 31.9 Å². The monoisotopic (exact) mass is 619 g/mol. The Labute approximate surface area is 240 Å². The number of carbonyl (C=O) groups is 3. The number of nitrogens with one attached hydrogen (secondary N) is 1. The summed E-state index contributed by atoms with van der Waals surface area (Å²) in [5, 5.41) is 2.88. The van der Waals surface area contributed by atoms with E-state index in [1.54, 1.807) is 6.07 Å². The van der Waals surface area contributed by atoms with Gasteiger partial charge in [0.1, 0.15) is 21.8 Å². The van der Waals surface area contributed by atoms with Crippen molar-refractivity contribution in [3.8, 4) is 0 Å². The number of hydrogen-bond acceptors (Lipinski definition) is 3. The fourth-order valence-corrected chi connectivity index (χ4v) is 5.45. The zero-order valence-electron chi connectivity index (χ0n) is 19.9. The summed E-state index contributed by atoms with van der Waals surface area (Å²) < 4.78 is 56.2. The van der Waals surface area contributed by atoms with Gasteiger partial charge in [-0.25, -0.2) is 17.6 Å². The van der Waals surface area contributed by atoms with Crippen LogP contribution in [0.1, 0.15) is 39.9 Å². The quantitative estimate of drug-likeness (QED) is 0.160. The maximum Gasteiger partial charge on any atom is 0.231 e. The summed E-state index contributed by atoms with van der Waals surface area (Å²) in [7, 11) is 0. The molecule has 0 aliphatic heterocycles. The lowest BCUT2D eigenvalue weighted by atomic mass is 9.97. The fourth-order valence-electron chi connectivity index (χ4n) is 4.32. The van der Waals surface area contributed by atoms with E-state index in [1.807, 2.05) is 0 Å². The Bertz CT molecular complexity index is 1530. The SMILES string of the molecule is CC(=O)Cc1c(F)ccc(CC(=O)c2cc(NC(=O)[C@H]3[C@H](c4ccc(Cl)c(Cl)c4)C3(Cl)Cl)cc(F)c2F)c1F. The molecular weight excluding hydrogens is 604 g/mol. The van der Waals surface area contributed by atoms with Crippen LogP contribution >= 0.6 is 46.4 Å². The predicted molar refractivity (Wildman–Crippen MR) is 141 cm³/mol. The zero-order valence-corrected chi connectivity index (χ0v) is 22.9. The topological polar surface area (TPSA) is 63.2 Å². The molecule has 0 bridgehead atoms. The first-order chi connectivity index (χ1) is 18.2. The van der Waals surface area contributed by atoms with Crippen LogP contribution in [0.5, 0.6) is 0 Å². The lowest BCUT2D eigenvalue weighted by Gasteiger charge is -2.11. The molecule has 1 aliphatic carbocycles. The number of halogens is 8. The third-order valence-corrected chi connectivity index (χ3v) is 7.96. The van der Waals surface area contributed by atoms with Gasteiger partial charge in [-0.1, -0.05) is 35.3 Å². The van der Waals surface area contributed by atoms with Crippen LogP contribution in [-0.4, -0.2) is 21.8 Å². The first-order valence-corrected chi connectivity index (χ1v) is 12.8. The van der Waals surface area contributed by atoms with Crippen LogP contribution in [0.25, 0.3) is 0 Å². The maximum absolute atomic E-state index is 14.8. The fraction of sp³-hybridized carbons (Fsp3) is 0.222. The Hall–Kier alpha value is -2.65. The van der Waals surface area contributed by atoms with Crippen molar-refractivity contribution in [1.29, 1.82) is 0 Å². The van der Waals surface area contributed by atoms with Gasteiger partial charge in [0, 0.05) is 36.1 Å². The summed E-state index contributed by atoms with van der Waals surface area (Å²) in [5.41, 5.74) is -1.37. The highest BCUT2D eigenvalue weighted by molar-refractivity contribution is 6.53. The van der Waals surface area contributed by atoms with E-state index in [1.165, 1.54) is 12.1 Å². The Balaban J connectivity index is 1.56. The lowest BCUT2D eigenvalue weighted by molar-refractivity contribution is -0.117. The summed E-state index contributed by atoms with van der Waals surface area (Å²) in [6.45, 7) is 1.14. The second-order valence-electron chi connectivity index (χ2n) is 9.09. The standard InChI is InChI=1S/C27H17Cl4F4NO3/c1-11(37)6-15-19(32)5-3-13(24(15)34)8-21(38)16-9-14(10-20(33)25(16)35)36-26(39)23-22(27(23,30)31)12-2-4-17(28)18(29)7-12/h2-5,7,9-10,22-23H,6,8H2,1H3,(H,36,39)/t22-,23+/m0/s1. The maximum atomic E-state index is 14.8. The number of Topliss-reactive ketones (excluding diaryl/α,β-unsaturated/α-hetero) is 2. The van der Waals surface area contributed by atoms with E-state index >= 15 is 0 Å². The highest BCUT2D eigenvalue weighted by Gasteiger charge is 2.67. The van der Waals surface area contributed by atoms with Crippen molar-refractivity contribution in [2.75, 3.05) is 5.32 Å². The second-order valence-corrected chi connectivity index (χ2v) is 11.3. The van der Waals surface area contributed by atoms with Crippen molar-refractivity contribution >= 4 is 69.6 Å². The van der Waals surface area contributed by atoms with Crippen LogP contribution in [0.3, 0.4) is 0 Å². The van der Waals surface area contributed by atoms with Gasteiger partial charge in [-0.3, -0.25) is 14.4 Å². The highest BCUT2D eigenvalue weighted by atomic mass is 35.5. The van der Waals surface area contributed by atoms with Crippen LogP contribution in [0.2, 0.25) is 10.0 Å². The van der Waals surface area contributed by atoms with E-state index in [4.69, 9.17) is 46.4 Å². The first kappa shape index (κ1) is 29.3. The van der Waals surface area contributed by atoms with Crippen LogP contribution in [0.4, 0.5) is 23.2 Å². The summed E-state index contributed by atoms with van der Waals surface area (Å²) >= 11 is 24.6. The van der Waals surface area contributed by atoms with E-state index in [-0.39, 0.29) is 21.3 Å². The van der Waals surface area contributed by atoms with Crippen molar-refractivity contribution in [3.63, 3.8) is 0 Å². The summed E-state index contributed by atoms with van der Waals surface area (Å²) in [6, 6.07) is 8.01. The Kier molecular flexibility index (Phi) is 8.34. The number of rotatable bonds is 8. The first-order valence-electron chi connectivity index (χ1n) is 11.3. The van der Waals surface area contributed by atoms with E-state index < -0.39 is 80.9 Å². The van der Waals surface area contributed by atoms with Gasteiger partial charge < -0.3 is 5.32 Å². The molecule has 12 heteroatoms. The van der Waals surface area contributed by atoms with Gasteiger partial charge in [-0.05, 0) is 42.3 Å². The van der Waals surface area contributed by atoms with Crippen molar-refractivity contribution < 1.29 is 31.9 Å². The molecule has 1 amide bonds. The molecular formula is C27H17Cl4F4NO3. The minimum absolute atomic E-state index is 0.221. The molecule has 0 unspecified atom stereocenters. The molecule has 0 spiro atoms. The number of benzene rings is 3. The van der Waals surface area contributed by atoms with Gasteiger partial charge in [-0.2, -0.15) is 0 Å². The molecule has 1 fully saturated rings. The van der Waals surface area contributed by atoms with Gasteiger partial charge in [-0.15, -0.1) is 23.2 Å². The van der Waals surface area contributed by atoms with E-state index in [2.05, 4.69) is 5.32 Å². The van der Waals surface area contributed by atoms with Gasteiger partial charge >= 0.3 is 0 Å². The van der Waals surface area contributed by atoms with Crippen molar-refractivity contribution in [3.05, 3.63) is 98.0 Å². The number of amides is 1. The molecule has 0 radical (unpaired) electrons. The molecule has 39 heavy (non-hydrogen) atoms. The number of alkyl halides is 2. The van der Waals surface area contributed by atoms with Crippen molar-refractivity contribution in [1.82, 2.24) is 0 Å². The van der Waals surface area contributed by atoms with Crippen molar-refractivity contribution in [2.24, 2.45) is 5.92 Å². The zero-order chi connectivity index (χ0) is 28.8. The number of hydrogen-bond donors (Lipinski definition) is 1. The molecule has 0 saturated heterocycles. The highest BCUT2D eigenvalue weighted by Crippen LogP contribution is 2.65. The normalized spacial score (nSPS) is 17.6. The molecule has 0 heterocycles. The van der Waals surface area contributed by atoms with Crippen LogP contribution in [0.15, 0.2) is 42.5 Å². The summed E-state index contributed by atoms with van der Waals surface area (Å²) in [4.78, 5) is 37.1. The van der Waals surface area contributed by atoms with E-state index in [0.29, 0.717) is 11.6 Å². The third-order valence-electron chi connectivity index (χ3n) is 6.28. The molecule has 2 atom stereocenters. The minimum atomic E-state index is -1.53. The summed E-state index contributed by atoms with van der Waals surface area (Å²) in [6.07, 6.45) is -1.31. The van der Waals surface area contributed by atoms with E-state index in [0.717, 1.165) is 25.1 Å². The molecule has 0 aromatic heterocycles. The lowest BCUT2D eigenvalue weighted by Crippen LogP contribution is -2.18. The van der Waals surface area contributed by atoms with Gasteiger partial charge in [0.05, 0.1) is 21.5 Å². The molecule has 4 nitrogen and oxygen atoms in total. The molecule has 1 aliphatic rings. The molecule has 3 aromatic rings. The molecule has 204 valence electrons. The van der Waals surface area contributed by atoms with Crippen LogP contribution in [-0.2, 0) is 22.4 Å². The molecule has 1 N–H and O–H groups in total. The number of anilines is 1. The summed E-state index contributed by atoms with van der Waals surface area (Å²) in [5.74, 6) is -9.07. The van der Waals surface area contributed by atoms with Crippen molar-refractivity contribution in [2.45, 2.75) is 30.0 Å². The number of carbonyl (C=O) groups excluding carboxylic acids is 3. The average molecular weight is 621 g/mol. The predicted octanol–water partition coefficient (Wildman–Crippen LogP) is 7.63.